The van der Waals surface area contributed by atoms with Crippen LogP contribution in [-0.4, -0.2) is 21.8 Å². The van der Waals surface area contributed by atoms with E-state index in [1.807, 2.05) is 30.3 Å². The van der Waals surface area contributed by atoms with Gasteiger partial charge in [-0.2, -0.15) is 0 Å². The fourth-order valence-electron chi connectivity index (χ4n) is 1.34. The summed E-state index contributed by atoms with van der Waals surface area (Å²) >= 11 is 0. The predicted octanol–water partition coefficient (Wildman–Crippen LogP) is 1.38. The van der Waals surface area contributed by atoms with Crippen molar-refractivity contribution >= 4 is 17.9 Å². The first-order valence-electron chi connectivity index (χ1n) is 5.33. The zero-order valence-electron chi connectivity index (χ0n) is 9.46. The highest BCUT2D eigenvalue weighted by molar-refractivity contribution is 6.07. The van der Waals surface area contributed by atoms with Gasteiger partial charge in [0.1, 0.15) is 0 Å². The number of aromatic nitrogens is 2. The largest absolute Gasteiger partial charge is 0.341 e. The maximum Gasteiger partial charge on any atom is 0.293 e. The zero-order chi connectivity index (χ0) is 12.8. The lowest BCUT2D eigenvalue weighted by Gasteiger charge is -1.97. The van der Waals surface area contributed by atoms with Crippen LogP contribution in [0.25, 0.3) is 6.08 Å². The van der Waals surface area contributed by atoms with E-state index in [1.165, 1.54) is 18.5 Å². The van der Waals surface area contributed by atoms with Crippen LogP contribution in [0.4, 0.5) is 0 Å². The fourth-order valence-corrected chi connectivity index (χ4v) is 1.34. The van der Waals surface area contributed by atoms with Crippen LogP contribution < -0.4 is 5.32 Å². The average Bonchev–Trinajstić information content (AvgIpc) is 2.91. The van der Waals surface area contributed by atoms with E-state index in [4.69, 9.17) is 0 Å². The molecule has 0 atom stereocenters. The molecule has 0 unspecified atom stereocenters. The third-order valence-corrected chi connectivity index (χ3v) is 2.18. The Morgan fingerprint density at radius 2 is 2.00 bits per heavy atom. The third kappa shape index (κ3) is 3.15. The number of imide groups is 1. The Kier molecular flexibility index (Phi) is 3.66. The number of imidazole rings is 1. The van der Waals surface area contributed by atoms with Gasteiger partial charge in [-0.05, 0) is 11.6 Å². The Bertz CT molecular complexity index is 559. The number of nitrogens with zero attached hydrogens (tertiary/aromatic N) is 1. The molecule has 0 bridgehead atoms. The normalized spacial score (nSPS) is 10.4. The summed E-state index contributed by atoms with van der Waals surface area (Å²) in [7, 11) is 0. The van der Waals surface area contributed by atoms with E-state index in [0.717, 1.165) is 5.56 Å². The van der Waals surface area contributed by atoms with Crippen LogP contribution in [0, 0.1) is 0 Å². The van der Waals surface area contributed by atoms with Crippen LogP contribution >= 0.6 is 0 Å². The van der Waals surface area contributed by atoms with Crippen molar-refractivity contribution in [2.24, 2.45) is 0 Å². The van der Waals surface area contributed by atoms with Crippen molar-refractivity contribution in [3.05, 3.63) is 60.2 Å². The second-order valence-corrected chi connectivity index (χ2v) is 3.50. The second-order valence-electron chi connectivity index (χ2n) is 3.50. The van der Waals surface area contributed by atoms with Crippen LogP contribution in [0.3, 0.4) is 0 Å². The lowest BCUT2D eigenvalue weighted by molar-refractivity contribution is -0.115. The van der Waals surface area contributed by atoms with Crippen molar-refractivity contribution in [1.29, 1.82) is 0 Å². The van der Waals surface area contributed by atoms with Gasteiger partial charge in [-0.1, -0.05) is 30.3 Å². The number of benzene rings is 1. The molecule has 0 saturated heterocycles. The maximum absolute atomic E-state index is 11.5. The van der Waals surface area contributed by atoms with E-state index in [9.17, 15) is 9.59 Å². The molecular weight excluding hydrogens is 230 g/mol. The van der Waals surface area contributed by atoms with Crippen LogP contribution in [-0.2, 0) is 4.79 Å². The summed E-state index contributed by atoms with van der Waals surface area (Å²) in [6.07, 6.45) is 5.89. The Balaban J connectivity index is 1.93. The zero-order valence-corrected chi connectivity index (χ0v) is 9.46. The van der Waals surface area contributed by atoms with E-state index >= 15 is 0 Å². The first kappa shape index (κ1) is 11.8. The van der Waals surface area contributed by atoms with Crippen molar-refractivity contribution in [1.82, 2.24) is 15.3 Å². The van der Waals surface area contributed by atoms with Crippen LogP contribution in [0.15, 0.2) is 48.8 Å². The summed E-state index contributed by atoms with van der Waals surface area (Å²) in [5, 5.41) is 2.19. The Hall–Kier alpha value is -2.69. The molecule has 18 heavy (non-hydrogen) atoms. The van der Waals surface area contributed by atoms with Gasteiger partial charge < -0.3 is 4.98 Å². The van der Waals surface area contributed by atoms with Crippen LogP contribution in [0.5, 0.6) is 0 Å². The number of hydrogen-bond acceptors (Lipinski definition) is 3. The fraction of sp³-hybridized carbons (Fsp3) is 0. The van der Waals surface area contributed by atoms with Crippen molar-refractivity contribution in [3.8, 4) is 0 Å². The number of carbonyl (C=O) groups excluding carboxylic acids is 2. The van der Waals surface area contributed by atoms with Crippen LogP contribution in [0.1, 0.15) is 16.2 Å². The lowest BCUT2D eigenvalue weighted by Crippen LogP contribution is -2.29. The molecule has 90 valence electrons. The Labute approximate surface area is 104 Å². The van der Waals surface area contributed by atoms with E-state index in [0.29, 0.717) is 0 Å². The van der Waals surface area contributed by atoms with Gasteiger partial charge >= 0.3 is 0 Å². The minimum absolute atomic E-state index is 0.108. The van der Waals surface area contributed by atoms with Gasteiger partial charge in [0.2, 0.25) is 0 Å². The first-order chi connectivity index (χ1) is 8.75. The Morgan fingerprint density at radius 1 is 1.22 bits per heavy atom. The van der Waals surface area contributed by atoms with Gasteiger partial charge in [0, 0.05) is 18.5 Å². The summed E-state index contributed by atoms with van der Waals surface area (Å²) in [6.45, 7) is 0. The maximum atomic E-state index is 11.5. The van der Waals surface area contributed by atoms with Crippen molar-refractivity contribution in [2.45, 2.75) is 0 Å². The van der Waals surface area contributed by atoms with Gasteiger partial charge in [0.25, 0.3) is 11.8 Å². The van der Waals surface area contributed by atoms with Gasteiger partial charge in [-0.25, -0.2) is 4.98 Å². The molecule has 5 nitrogen and oxygen atoms in total. The van der Waals surface area contributed by atoms with Crippen molar-refractivity contribution in [3.63, 3.8) is 0 Å². The summed E-state index contributed by atoms with van der Waals surface area (Å²) in [4.78, 5) is 29.3. The number of amides is 2. The van der Waals surface area contributed by atoms with Gasteiger partial charge in [-0.3, -0.25) is 14.9 Å². The lowest BCUT2D eigenvalue weighted by atomic mass is 10.2. The topological polar surface area (TPSA) is 74.8 Å². The van der Waals surface area contributed by atoms with E-state index in [-0.39, 0.29) is 5.82 Å². The summed E-state index contributed by atoms with van der Waals surface area (Å²) in [6, 6.07) is 9.34. The van der Waals surface area contributed by atoms with Crippen LogP contribution in [0.2, 0.25) is 0 Å². The summed E-state index contributed by atoms with van der Waals surface area (Å²) in [5.74, 6) is -0.931. The molecule has 2 aromatic rings. The van der Waals surface area contributed by atoms with Gasteiger partial charge in [-0.15, -0.1) is 0 Å². The predicted molar refractivity (Wildman–Crippen MR) is 66.5 cm³/mol. The molecule has 2 amide bonds. The summed E-state index contributed by atoms with van der Waals surface area (Å²) in [5.41, 5.74) is 0.887. The molecule has 2 rings (SSSR count). The van der Waals surface area contributed by atoms with E-state index in [1.54, 1.807) is 6.08 Å². The van der Waals surface area contributed by atoms with E-state index in [2.05, 4.69) is 15.3 Å². The highest BCUT2D eigenvalue weighted by atomic mass is 16.2. The Morgan fingerprint density at radius 3 is 2.67 bits per heavy atom. The highest BCUT2D eigenvalue weighted by Crippen LogP contribution is 2.00. The highest BCUT2D eigenvalue weighted by Gasteiger charge is 2.09. The molecule has 0 saturated carbocycles. The molecule has 0 fully saturated rings. The monoisotopic (exact) mass is 241 g/mol. The number of nitrogens with one attached hydrogen (secondary N) is 2. The molecular formula is C13H11N3O2. The number of H-pyrrole nitrogens is 1. The standard InChI is InChI=1S/C13H11N3O2/c17-11(7-6-10-4-2-1-3-5-10)16-13(18)12-14-8-9-15-12/h1-9H,(H,14,15)(H,16,17,18)/b7-6+. The molecule has 0 aliphatic rings. The van der Waals surface area contributed by atoms with Gasteiger partial charge in [0.05, 0.1) is 0 Å². The van der Waals surface area contributed by atoms with Crippen molar-refractivity contribution < 1.29 is 9.59 Å². The number of hydrogen-bond donors (Lipinski definition) is 2. The minimum Gasteiger partial charge on any atom is -0.341 e. The molecule has 5 heteroatoms. The number of aromatic amines is 1. The molecule has 0 aliphatic carbocycles. The molecule has 2 N–H and O–H groups in total. The molecule has 1 aromatic heterocycles. The molecule has 0 spiro atoms. The van der Waals surface area contributed by atoms with E-state index < -0.39 is 11.8 Å². The molecule has 1 aromatic carbocycles. The number of rotatable bonds is 3. The summed E-state index contributed by atoms with van der Waals surface area (Å²) < 4.78 is 0. The second kappa shape index (κ2) is 5.58. The molecule has 0 radical (unpaired) electrons. The number of carbonyl (C=O) groups is 2. The SMILES string of the molecule is O=C(/C=C/c1ccccc1)NC(=O)c1ncc[nH]1. The van der Waals surface area contributed by atoms with Crippen molar-refractivity contribution in [2.75, 3.05) is 0 Å². The smallest absolute Gasteiger partial charge is 0.293 e. The quantitative estimate of drug-likeness (QED) is 0.797. The van der Waals surface area contributed by atoms with Gasteiger partial charge in [0.15, 0.2) is 5.82 Å². The first-order valence-corrected chi connectivity index (χ1v) is 5.33. The minimum atomic E-state index is -0.553. The third-order valence-electron chi connectivity index (χ3n) is 2.18. The molecule has 1 heterocycles. The average molecular weight is 241 g/mol. The molecule has 0 aliphatic heterocycles.